The van der Waals surface area contributed by atoms with Crippen molar-refractivity contribution in [2.24, 2.45) is 5.92 Å². The summed E-state index contributed by atoms with van der Waals surface area (Å²) >= 11 is 2.74. The number of hydrogen-bond donors (Lipinski definition) is 0. The van der Waals surface area contributed by atoms with Crippen molar-refractivity contribution in [1.29, 1.82) is 0 Å². The van der Waals surface area contributed by atoms with E-state index in [1.165, 1.54) is 10.4 Å². The minimum Gasteiger partial charge on any atom is -0.497 e. The van der Waals surface area contributed by atoms with E-state index in [9.17, 15) is 12.8 Å². The summed E-state index contributed by atoms with van der Waals surface area (Å²) in [6.45, 7) is 2.25. The highest BCUT2D eigenvalue weighted by Crippen LogP contribution is 2.21. The van der Waals surface area contributed by atoms with E-state index in [-0.39, 0.29) is 24.8 Å². The first-order valence-corrected chi connectivity index (χ1v) is 11.9. The second kappa shape index (κ2) is 11.5. The third-order valence-electron chi connectivity index (χ3n) is 4.60. The summed E-state index contributed by atoms with van der Waals surface area (Å²) in [6.07, 6.45) is 1.67. The normalized spacial score (nSPS) is 13.3. The van der Waals surface area contributed by atoms with Crippen molar-refractivity contribution in [2.45, 2.75) is 26.4 Å². The summed E-state index contributed by atoms with van der Waals surface area (Å²) in [5.41, 5.74) is 1.71. The highest BCUT2D eigenvalue weighted by Gasteiger charge is 2.25. The highest BCUT2D eigenvalue weighted by molar-refractivity contribution is 9.11. The van der Waals surface area contributed by atoms with E-state index in [0.717, 1.165) is 11.1 Å². The van der Waals surface area contributed by atoms with Crippen LogP contribution in [0.4, 0.5) is 4.39 Å². The molecule has 0 unspecified atom stereocenters. The number of ether oxygens (including phenoxy) is 2. The van der Waals surface area contributed by atoms with Gasteiger partial charge < -0.3 is 9.47 Å². The fourth-order valence-electron chi connectivity index (χ4n) is 2.95. The van der Waals surface area contributed by atoms with Crippen LogP contribution in [0.25, 0.3) is 0 Å². The molecule has 0 aliphatic rings. The summed E-state index contributed by atoms with van der Waals surface area (Å²) in [7, 11) is -0.425. The molecule has 0 bridgehead atoms. The monoisotopic (exact) mass is 499 g/mol. The zero-order valence-electron chi connectivity index (χ0n) is 17.3. The Labute approximate surface area is 186 Å². The van der Waals surface area contributed by atoms with Crippen LogP contribution in [-0.2, 0) is 23.1 Å². The van der Waals surface area contributed by atoms with Crippen molar-refractivity contribution in [3.63, 3.8) is 0 Å². The molecule has 0 saturated heterocycles. The number of allylic oxidation sites excluding steroid dienone is 1. The van der Waals surface area contributed by atoms with E-state index in [4.69, 9.17) is 9.47 Å². The molecule has 2 aromatic rings. The first kappa shape index (κ1) is 24.4. The molecular formula is C22H27BrFNO4S. The van der Waals surface area contributed by atoms with Gasteiger partial charge in [-0.25, -0.2) is 8.42 Å². The molecule has 0 saturated carbocycles. The van der Waals surface area contributed by atoms with E-state index < -0.39 is 14.8 Å². The van der Waals surface area contributed by atoms with Gasteiger partial charge in [-0.15, -0.1) is 0 Å². The van der Waals surface area contributed by atoms with Crippen molar-refractivity contribution >= 4 is 26.0 Å². The molecule has 5 nitrogen and oxygen atoms in total. The van der Waals surface area contributed by atoms with Crippen LogP contribution in [0.5, 0.6) is 11.5 Å². The molecule has 164 valence electrons. The Balaban J connectivity index is 2.24. The highest BCUT2D eigenvalue weighted by atomic mass is 79.9. The zero-order valence-corrected chi connectivity index (χ0v) is 19.7. The lowest BCUT2D eigenvalue weighted by Crippen LogP contribution is -2.34. The van der Waals surface area contributed by atoms with Crippen LogP contribution in [0.3, 0.4) is 0 Å². The topological polar surface area (TPSA) is 55.8 Å². The summed E-state index contributed by atoms with van der Waals surface area (Å²) in [6, 6.07) is 14.6. The van der Waals surface area contributed by atoms with Crippen LogP contribution in [0.2, 0.25) is 0 Å². The van der Waals surface area contributed by atoms with Crippen LogP contribution in [-0.4, -0.2) is 32.7 Å². The fourth-order valence-corrected chi connectivity index (χ4v) is 4.89. The average Bonchev–Trinajstić information content (AvgIpc) is 2.72. The van der Waals surface area contributed by atoms with E-state index in [0.29, 0.717) is 17.9 Å². The minimum atomic E-state index is -3.59. The zero-order chi connectivity index (χ0) is 22.1. The van der Waals surface area contributed by atoms with Gasteiger partial charge in [-0.05, 0) is 69.7 Å². The van der Waals surface area contributed by atoms with Crippen molar-refractivity contribution < 1.29 is 22.3 Å². The Morgan fingerprint density at radius 2 is 1.43 bits per heavy atom. The van der Waals surface area contributed by atoms with Crippen molar-refractivity contribution in [2.75, 3.05) is 20.0 Å². The molecular weight excluding hydrogens is 473 g/mol. The maximum atomic E-state index is 13.2. The van der Waals surface area contributed by atoms with Crippen molar-refractivity contribution in [3.8, 4) is 11.5 Å². The number of nitrogens with zero attached hydrogens (tertiary/aromatic N) is 1. The van der Waals surface area contributed by atoms with Crippen LogP contribution in [0.1, 0.15) is 24.5 Å². The third kappa shape index (κ3) is 7.74. The molecule has 2 rings (SSSR count). The van der Waals surface area contributed by atoms with Crippen molar-refractivity contribution in [3.05, 3.63) is 70.5 Å². The molecule has 0 aliphatic carbocycles. The predicted molar refractivity (Wildman–Crippen MR) is 121 cm³/mol. The van der Waals surface area contributed by atoms with Gasteiger partial charge in [-0.3, -0.25) is 0 Å². The fraction of sp³-hybridized carbons (Fsp3) is 0.364. The SMILES string of the molecule is COc1ccc(CN(Cc2ccc(OC)cc2)S(=O)(=O)C[C@@H](C)C/C=C(\F)Br)cc1. The molecule has 0 heterocycles. The average molecular weight is 500 g/mol. The Morgan fingerprint density at radius 1 is 1.00 bits per heavy atom. The Bertz CT molecular complexity index is 877. The van der Waals surface area contributed by atoms with Gasteiger partial charge in [0.05, 0.1) is 20.0 Å². The lowest BCUT2D eigenvalue weighted by molar-refractivity contribution is 0.393. The molecule has 30 heavy (non-hydrogen) atoms. The maximum Gasteiger partial charge on any atom is 0.214 e. The second-order valence-corrected chi connectivity index (χ2v) is 9.85. The van der Waals surface area contributed by atoms with Crippen LogP contribution in [0.15, 0.2) is 59.3 Å². The standard InChI is InChI=1S/C22H27BrFNO4S/c1-17(4-13-22(23)24)16-30(26,27)25(14-18-5-9-20(28-2)10-6-18)15-19-7-11-21(29-3)12-8-19/h5-13,17H,4,14-16H2,1-3H3/b22-13-/t17-/m0/s1. The Kier molecular flexibility index (Phi) is 9.33. The molecule has 0 amide bonds. The van der Waals surface area contributed by atoms with Crippen LogP contribution < -0.4 is 9.47 Å². The van der Waals surface area contributed by atoms with Crippen LogP contribution in [0, 0.1) is 5.92 Å². The smallest absolute Gasteiger partial charge is 0.214 e. The van der Waals surface area contributed by atoms with Crippen molar-refractivity contribution in [1.82, 2.24) is 4.31 Å². The summed E-state index contributed by atoms with van der Waals surface area (Å²) in [5.74, 6) is 1.12. The first-order valence-electron chi connectivity index (χ1n) is 9.48. The molecule has 0 fully saturated rings. The minimum absolute atomic E-state index is 0.0733. The Hall–Kier alpha value is -1.90. The lowest BCUT2D eigenvalue weighted by atomic mass is 10.1. The van der Waals surface area contributed by atoms with Gasteiger partial charge in [0.15, 0.2) is 4.74 Å². The molecule has 0 radical (unpaired) electrons. The largest absolute Gasteiger partial charge is 0.497 e. The second-order valence-electron chi connectivity index (χ2n) is 7.08. The lowest BCUT2D eigenvalue weighted by Gasteiger charge is -2.24. The number of hydrogen-bond acceptors (Lipinski definition) is 4. The predicted octanol–water partition coefficient (Wildman–Crippen LogP) is 5.27. The van der Waals surface area contributed by atoms with E-state index in [1.54, 1.807) is 45.4 Å². The van der Waals surface area contributed by atoms with Gasteiger partial charge >= 0.3 is 0 Å². The molecule has 0 N–H and O–H groups in total. The number of halogens is 2. The quantitative estimate of drug-likeness (QED) is 0.422. The number of benzene rings is 2. The van der Waals surface area contributed by atoms with Gasteiger partial charge in [0.1, 0.15) is 11.5 Å². The van der Waals surface area contributed by atoms with Gasteiger partial charge in [-0.1, -0.05) is 31.2 Å². The summed E-state index contributed by atoms with van der Waals surface area (Å²) in [5, 5.41) is 0. The molecule has 0 spiro atoms. The summed E-state index contributed by atoms with van der Waals surface area (Å²) in [4.78, 5) is 0. The maximum absolute atomic E-state index is 13.2. The van der Waals surface area contributed by atoms with E-state index in [1.807, 2.05) is 24.3 Å². The summed E-state index contributed by atoms with van der Waals surface area (Å²) < 4.78 is 50.7. The Morgan fingerprint density at radius 3 is 1.80 bits per heavy atom. The van der Waals surface area contributed by atoms with E-state index in [2.05, 4.69) is 15.9 Å². The number of rotatable bonds is 11. The number of methoxy groups -OCH3 is 2. The molecule has 2 aromatic carbocycles. The molecule has 0 aromatic heterocycles. The third-order valence-corrected chi connectivity index (χ3v) is 6.96. The van der Waals surface area contributed by atoms with Crippen LogP contribution >= 0.6 is 15.9 Å². The first-order chi connectivity index (χ1) is 14.2. The molecule has 1 atom stereocenters. The number of sulfonamides is 1. The van der Waals surface area contributed by atoms with Gasteiger partial charge in [0.2, 0.25) is 10.0 Å². The molecule has 0 aliphatic heterocycles. The van der Waals surface area contributed by atoms with Gasteiger partial charge in [0, 0.05) is 13.1 Å². The molecule has 8 heteroatoms. The van der Waals surface area contributed by atoms with E-state index >= 15 is 0 Å². The van der Waals surface area contributed by atoms with Gasteiger partial charge in [0.25, 0.3) is 0 Å². The van der Waals surface area contributed by atoms with Gasteiger partial charge in [-0.2, -0.15) is 8.70 Å².